The van der Waals surface area contributed by atoms with Gasteiger partial charge in [0.05, 0.1) is 11.6 Å². The van der Waals surface area contributed by atoms with E-state index in [4.69, 9.17) is 4.42 Å². The van der Waals surface area contributed by atoms with Crippen LogP contribution in [0.25, 0.3) is 28.2 Å². The Hall–Kier alpha value is -2.67. The monoisotopic (exact) mass is 315 g/mol. The predicted molar refractivity (Wildman–Crippen MR) is 97.0 cm³/mol. The van der Waals surface area contributed by atoms with Gasteiger partial charge in [0.2, 0.25) is 0 Å². The second kappa shape index (κ2) is 6.21. The lowest BCUT2D eigenvalue weighted by atomic mass is 10.1. The molecule has 0 spiro atoms. The summed E-state index contributed by atoms with van der Waals surface area (Å²) in [6.45, 7) is 0. The van der Waals surface area contributed by atoms with Crippen LogP contribution in [0.2, 0.25) is 0 Å². The van der Waals surface area contributed by atoms with Gasteiger partial charge in [0.1, 0.15) is 28.4 Å². The normalized spacial score (nSPS) is 13.5. The number of rotatable bonds is 3. The van der Waals surface area contributed by atoms with Crippen LogP contribution in [0, 0.1) is 6.08 Å². The summed E-state index contributed by atoms with van der Waals surface area (Å²) in [5, 5.41) is 2.11. The van der Waals surface area contributed by atoms with Crippen molar-refractivity contribution in [2.75, 3.05) is 0 Å². The van der Waals surface area contributed by atoms with Gasteiger partial charge in [0.15, 0.2) is 6.08 Å². The second-order valence-corrected chi connectivity index (χ2v) is 6.21. The van der Waals surface area contributed by atoms with Crippen LogP contribution in [0.3, 0.4) is 0 Å². The van der Waals surface area contributed by atoms with Crippen molar-refractivity contribution in [3.05, 3.63) is 89.2 Å². The summed E-state index contributed by atoms with van der Waals surface area (Å²) in [4.78, 5) is 1.22. The van der Waals surface area contributed by atoms with Crippen molar-refractivity contribution in [2.45, 2.75) is 6.42 Å². The maximum Gasteiger partial charge on any atom is 0.164 e. The molecule has 110 valence electrons. The first-order valence-electron chi connectivity index (χ1n) is 7.59. The third-order valence-electron chi connectivity index (χ3n) is 3.76. The van der Waals surface area contributed by atoms with E-state index in [1.165, 1.54) is 10.5 Å². The molecule has 0 amide bonds. The fourth-order valence-electron chi connectivity index (χ4n) is 2.63. The van der Waals surface area contributed by atoms with E-state index in [1.807, 2.05) is 24.3 Å². The van der Waals surface area contributed by atoms with Gasteiger partial charge in [-0.15, -0.1) is 11.3 Å². The van der Waals surface area contributed by atoms with Crippen LogP contribution in [0.15, 0.2) is 82.6 Å². The molecule has 0 unspecified atom stereocenters. The molecule has 2 heterocycles. The fraction of sp³-hybridized carbons (Fsp3) is 0.0476. The van der Waals surface area contributed by atoms with Gasteiger partial charge in [-0.25, -0.2) is 0 Å². The van der Waals surface area contributed by atoms with E-state index in [0.29, 0.717) is 0 Å². The Morgan fingerprint density at radius 3 is 2.74 bits per heavy atom. The average Bonchev–Trinajstić information content (AvgIpc) is 3.19. The lowest BCUT2D eigenvalue weighted by Gasteiger charge is -1.98. The summed E-state index contributed by atoms with van der Waals surface area (Å²) in [6.07, 6.45) is 12.6. The number of hydrogen-bond donors (Lipinski definition) is 0. The molecule has 0 bridgehead atoms. The highest BCUT2D eigenvalue weighted by Gasteiger charge is 2.19. The maximum absolute atomic E-state index is 6.10. The Morgan fingerprint density at radius 2 is 1.83 bits per heavy atom. The van der Waals surface area contributed by atoms with Crippen LogP contribution < -0.4 is 0 Å². The van der Waals surface area contributed by atoms with E-state index < -0.39 is 0 Å². The van der Waals surface area contributed by atoms with Gasteiger partial charge in [-0.05, 0) is 29.7 Å². The second-order valence-electron chi connectivity index (χ2n) is 5.30. The van der Waals surface area contributed by atoms with Crippen molar-refractivity contribution in [1.82, 2.24) is 0 Å². The summed E-state index contributed by atoms with van der Waals surface area (Å²) in [5.41, 5.74) is 3.42. The van der Waals surface area contributed by atoms with Crippen molar-refractivity contribution in [3.8, 4) is 22.6 Å². The number of thiophene rings is 1. The molecule has 0 aliphatic heterocycles. The molecule has 23 heavy (non-hydrogen) atoms. The van der Waals surface area contributed by atoms with Gasteiger partial charge >= 0.3 is 0 Å². The van der Waals surface area contributed by atoms with Crippen molar-refractivity contribution in [3.63, 3.8) is 0 Å². The molecule has 0 saturated carbocycles. The Kier molecular flexibility index (Phi) is 3.77. The summed E-state index contributed by atoms with van der Waals surface area (Å²) >= 11 is 1.73. The lowest BCUT2D eigenvalue weighted by molar-refractivity contribution is 0.597. The first kappa shape index (κ1) is 14.0. The zero-order chi connectivity index (χ0) is 15.5. The van der Waals surface area contributed by atoms with Crippen LogP contribution >= 0.6 is 11.3 Å². The molecule has 0 radical (unpaired) electrons. The van der Waals surface area contributed by atoms with Crippen LogP contribution in [-0.2, 0) is 0 Å². The van der Waals surface area contributed by atoms with Crippen molar-refractivity contribution in [1.29, 1.82) is 0 Å². The highest BCUT2D eigenvalue weighted by Crippen LogP contribution is 2.37. The zero-order valence-corrected chi connectivity index (χ0v) is 13.3. The number of hydrogen-bond acceptors (Lipinski definition) is 2. The summed E-state index contributed by atoms with van der Waals surface area (Å²) in [6, 6.07) is 16.4. The molecule has 0 fully saturated rings. The molecule has 2 heteroatoms. The molecule has 1 aliphatic rings. The van der Waals surface area contributed by atoms with Crippen LogP contribution in [0.4, 0.5) is 0 Å². The quantitative estimate of drug-likeness (QED) is 0.511. The smallest absolute Gasteiger partial charge is 0.164 e. The Balaban J connectivity index is 1.73. The van der Waals surface area contributed by atoms with Gasteiger partial charge in [-0.1, -0.05) is 36.4 Å². The summed E-state index contributed by atoms with van der Waals surface area (Å²) < 4.78 is 6.10. The highest BCUT2D eigenvalue weighted by molar-refractivity contribution is 7.11. The minimum atomic E-state index is 0.861. The van der Waals surface area contributed by atoms with Gasteiger partial charge in [0.25, 0.3) is 0 Å². The van der Waals surface area contributed by atoms with Gasteiger partial charge in [0, 0.05) is 11.6 Å². The number of allylic oxidation sites excluding steroid dienone is 6. The molecule has 3 aromatic rings. The SMILES string of the molecule is [C+]1=CC(c2sccc2-c2ccc(-c3ccccc3)o2)=CC=CC1. The molecule has 0 saturated heterocycles. The minimum Gasteiger partial charge on any atom is -0.456 e. The average molecular weight is 315 g/mol. The predicted octanol–water partition coefficient (Wildman–Crippen LogP) is 6.38. The Morgan fingerprint density at radius 1 is 0.957 bits per heavy atom. The molecule has 0 N–H and O–H groups in total. The van der Waals surface area contributed by atoms with Gasteiger partial charge in [-0.3, -0.25) is 0 Å². The summed E-state index contributed by atoms with van der Waals surface area (Å²) in [5.74, 6) is 1.80. The molecule has 1 aliphatic carbocycles. The maximum atomic E-state index is 6.10. The fourth-order valence-corrected chi connectivity index (χ4v) is 3.53. The molecular weight excluding hydrogens is 300 g/mol. The third kappa shape index (κ3) is 2.83. The third-order valence-corrected chi connectivity index (χ3v) is 4.73. The van der Waals surface area contributed by atoms with Crippen molar-refractivity contribution < 1.29 is 4.42 Å². The van der Waals surface area contributed by atoms with Crippen LogP contribution in [0.1, 0.15) is 11.3 Å². The number of furan rings is 1. The van der Waals surface area contributed by atoms with E-state index in [-0.39, 0.29) is 0 Å². The van der Waals surface area contributed by atoms with E-state index in [9.17, 15) is 0 Å². The lowest BCUT2D eigenvalue weighted by Crippen LogP contribution is -1.79. The van der Waals surface area contributed by atoms with E-state index in [2.05, 4.69) is 60.0 Å². The topological polar surface area (TPSA) is 13.1 Å². The van der Waals surface area contributed by atoms with E-state index >= 15 is 0 Å². The van der Waals surface area contributed by atoms with E-state index in [0.717, 1.165) is 29.1 Å². The molecule has 2 aromatic heterocycles. The molecular formula is C21H15OS+. The highest BCUT2D eigenvalue weighted by atomic mass is 32.1. The Labute approximate surface area is 139 Å². The standard InChI is InChI=1S/C21H15OS/c1-2-5-11-17(10-4-1)21-18(14-15-23-21)20-13-12-19(22-20)16-8-6-3-7-9-16/h1,3-4,6-15H,2H2/q+1. The first-order chi connectivity index (χ1) is 11.4. The van der Waals surface area contributed by atoms with Gasteiger partial charge in [-0.2, -0.15) is 0 Å². The minimum absolute atomic E-state index is 0.861. The largest absolute Gasteiger partial charge is 0.456 e. The summed E-state index contributed by atoms with van der Waals surface area (Å²) in [7, 11) is 0. The first-order valence-corrected chi connectivity index (χ1v) is 8.47. The zero-order valence-electron chi connectivity index (χ0n) is 12.5. The molecule has 1 aromatic carbocycles. The van der Waals surface area contributed by atoms with Gasteiger partial charge < -0.3 is 4.42 Å². The Bertz CT molecular complexity index is 891. The van der Waals surface area contributed by atoms with E-state index in [1.54, 1.807) is 11.3 Å². The van der Waals surface area contributed by atoms with Crippen LogP contribution in [-0.4, -0.2) is 0 Å². The molecule has 1 nitrogen and oxygen atoms in total. The van der Waals surface area contributed by atoms with Crippen molar-refractivity contribution in [2.24, 2.45) is 0 Å². The van der Waals surface area contributed by atoms with Crippen LogP contribution in [0.5, 0.6) is 0 Å². The molecule has 0 atom stereocenters. The molecule has 4 rings (SSSR count). The van der Waals surface area contributed by atoms with Crippen molar-refractivity contribution >= 4 is 16.9 Å². The number of benzene rings is 1.